The van der Waals surface area contributed by atoms with Crippen molar-refractivity contribution in [3.05, 3.63) is 60.9 Å². The highest BCUT2D eigenvalue weighted by Gasteiger charge is 2.19. The van der Waals surface area contributed by atoms with Crippen molar-refractivity contribution in [3.63, 3.8) is 0 Å². The minimum atomic E-state index is -0.315. The van der Waals surface area contributed by atoms with Gasteiger partial charge in [-0.05, 0) is 45.0 Å². The lowest BCUT2D eigenvalue weighted by Gasteiger charge is -2.13. The van der Waals surface area contributed by atoms with E-state index in [0.717, 1.165) is 28.6 Å². The summed E-state index contributed by atoms with van der Waals surface area (Å²) in [5, 5.41) is 14.1. The van der Waals surface area contributed by atoms with Crippen LogP contribution in [0.15, 0.2) is 60.3 Å². The molecule has 6 nitrogen and oxygen atoms in total. The number of aromatic nitrogens is 4. The minimum absolute atomic E-state index is 0.0654. The quantitative estimate of drug-likeness (QED) is 0.337. The number of para-hydroxylation sites is 1. The number of hydrogen-bond donors (Lipinski definition) is 1. The van der Waals surface area contributed by atoms with Gasteiger partial charge in [0.25, 0.3) is 0 Å². The summed E-state index contributed by atoms with van der Waals surface area (Å²) in [4.78, 5) is 12.8. The molecule has 1 amide bonds. The van der Waals surface area contributed by atoms with Crippen LogP contribution in [0.1, 0.15) is 19.7 Å². The van der Waals surface area contributed by atoms with Gasteiger partial charge in [-0.25, -0.2) is 0 Å². The van der Waals surface area contributed by atoms with Gasteiger partial charge >= 0.3 is 0 Å². The number of benzene rings is 2. The zero-order valence-electron chi connectivity index (χ0n) is 17.4. The van der Waals surface area contributed by atoms with Crippen LogP contribution in [-0.2, 0) is 17.9 Å². The fraction of sp³-hybridized carbons (Fsp3) is 0.261. The zero-order valence-corrected chi connectivity index (χ0v) is 18.2. The second-order valence-corrected chi connectivity index (χ2v) is 8.48. The molecule has 0 aliphatic heterocycles. The number of thioether (sulfide) groups is 1. The molecule has 1 unspecified atom stereocenters. The average Bonchev–Trinajstić information content (AvgIpc) is 3.25. The van der Waals surface area contributed by atoms with Gasteiger partial charge in [0.1, 0.15) is 5.82 Å². The molecule has 30 heavy (non-hydrogen) atoms. The number of nitrogens with one attached hydrogen (secondary N) is 1. The molecule has 1 N–H and O–H groups in total. The molecule has 0 aliphatic rings. The topological polar surface area (TPSA) is 64.7 Å². The summed E-state index contributed by atoms with van der Waals surface area (Å²) in [6, 6.07) is 14.5. The van der Waals surface area contributed by atoms with Crippen LogP contribution in [0.4, 0.5) is 5.69 Å². The maximum Gasteiger partial charge on any atom is 0.237 e. The molecule has 1 atom stereocenters. The van der Waals surface area contributed by atoms with Gasteiger partial charge in [-0.3, -0.25) is 4.79 Å². The lowest BCUT2D eigenvalue weighted by molar-refractivity contribution is -0.115. The van der Waals surface area contributed by atoms with Crippen molar-refractivity contribution in [2.24, 2.45) is 0 Å². The van der Waals surface area contributed by atoms with Crippen molar-refractivity contribution < 1.29 is 4.79 Å². The molecule has 0 saturated carbocycles. The maximum absolute atomic E-state index is 12.8. The lowest BCUT2D eigenvalue weighted by Crippen LogP contribution is -2.23. The Morgan fingerprint density at radius 1 is 1.17 bits per heavy atom. The number of aryl methyl sites for hydroxylation is 2. The Bertz CT molecular complexity index is 1240. The minimum Gasteiger partial charge on any atom is -0.341 e. The van der Waals surface area contributed by atoms with Crippen molar-refractivity contribution in [2.45, 2.75) is 44.3 Å². The number of nitrogens with zero attached hydrogens (tertiary/aromatic N) is 4. The van der Waals surface area contributed by atoms with Crippen molar-refractivity contribution in [1.82, 2.24) is 19.3 Å². The van der Waals surface area contributed by atoms with Crippen molar-refractivity contribution in [1.29, 1.82) is 0 Å². The highest BCUT2D eigenvalue weighted by atomic mass is 32.2. The van der Waals surface area contributed by atoms with E-state index in [2.05, 4.69) is 63.9 Å². The number of fused-ring (bicyclic) bond motifs is 3. The van der Waals surface area contributed by atoms with Gasteiger partial charge < -0.3 is 14.5 Å². The number of carbonyl (C=O) groups is 1. The number of anilines is 1. The summed E-state index contributed by atoms with van der Waals surface area (Å²) >= 11 is 1.40. The summed E-state index contributed by atoms with van der Waals surface area (Å²) in [7, 11) is 0. The Hall–Kier alpha value is -3.06. The van der Waals surface area contributed by atoms with E-state index in [1.807, 2.05) is 30.5 Å². The van der Waals surface area contributed by atoms with E-state index >= 15 is 0 Å². The molecule has 0 saturated heterocycles. The fourth-order valence-corrected chi connectivity index (χ4v) is 4.62. The van der Waals surface area contributed by atoms with Crippen LogP contribution in [0.3, 0.4) is 0 Å². The van der Waals surface area contributed by atoms with Crippen molar-refractivity contribution in [2.75, 3.05) is 5.32 Å². The third-order valence-electron chi connectivity index (χ3n) is 5.22. The van der Waals surface area contributed by atoms with Gasteiger partial charge in [-0.1, -0.05) is 36.0 Å². The zero-order chi connectivity index (χ0) is 21.3. The largest absolute Gasteiger partial charge is 0.341 e. The summed E-state index contributed by atoms with van der Waals surface area (Å²) in [6.45, 7) is 11.2. The standard InChI is InChI=1S/C23H25N5OS/c1-5-13-28-16(4)25-26-23(28)30-15(3)22(29)24-17-11-12-21-19(14-17)18-9-7-8-10-20(18)27(21)6-2/h5,7-12,14-15H,1,6,13H2,2-4H3,(H,24,29). The second kappa shape index (κ2) is 8.36. The first-order chi connectivity index (χ1) is 14.5. The van der Waals surface area contributed by atoms with Gasteiger partial charge in [0.2, 0.25) is 5.91 Å². The highest BCUT2D eigenvalue weighted by molar-refractivity contribution is 8.00. The van der Waals surface area contributed by atoms with E-state index in [1.54, 1.807) is 6.08 Å². The Balaban J connectivity index is 1.57. The van der Waals surface area contributed by atoms with E-state index in [4.69, 9.17) is 0 Å². The van der Waals surface area contributed by atoms with Gasteiger partial charge in [0.05, 0.1) is 5.25 Å². The van der Waals surface area contributed by atoms with E-state index < -0.39 is 0 Å². The number of amides is 1. The smallest absolute Gasteiger partial charge is 0.237 e. The van der Waals surface area contributed by atoms with E-state index in [9.17, 15) is 4.79 Å². The molecule has 4 aromatic rings. The van der Waals surface area contributed by atoms with Crippen LogP contribution in [-0.4, -0.2) is 30.5 Å². The first-order valence-electron chi connectivity index (χ1n) is 10.0. The molecule has 0 radical (unpaired) electrons. The second-order valence-electron chi connectivity index (χ2n) is 7.17. The van der Waals surface area contributed by atoms with Crippen molar-refractivity contribution >= 4 is 45.2 Å². The molecule has 0 fully saturated rings. The molecule has 2 heterocycles. The highest BCUT2D eigenvalue weighted by Crippen LogP contribution is 2.31. The van der Waals surface area contributed by atoms with Gasteiger partial charge in [-0.15, -0.1) is 16.8 Å². The normalized spacial score (nSPS) is 12.4. The van der Waals surface area contributed by atoms with Crippen LogP contribution < -0.4 is 5.32 Å². The first-order valence-corrected chi connectivity index (χ1v) is 10.9. The van der Waals surface area contributed by atoms with E-state index in [1.165, 1.54) is 28.2 Å². The molecule has 2 aromatic carbocycles. The van der Waals surface area contributed by atoms with Crippen LogP contribution >= 0.6 is 11.8 Å². The molecule has 2 aromatic heterocycles. The number of rotatable bonds is 7. The lowest BCUT2D eigenvalue weighted by atomic mass is 10.1. The van der Waals surface area contributed by atoms with Crippen LogP contribution in [0, 0.1) is 6.92 Å². The van der Waals surface area contributed by atoms with Crippen LogP contribution in [0.25, 0.3) is 21.8 Å². The Labute approximate surface area is 180 Å². The average molecular weight is 420 g/mol. The molecule has 7 heteroatoms. The Morgan fingerprint density at radius 3 is 2.70 bits per heavy atom. The van der Waals surface area contributed by atoms with E-state index in [0.29, 0.717) is 6.54 Å². The maximum atomic E-state index is 12.8. The molecular weight excluding hydrogens is 394 g/mol. The number of allylic oxidation sites excluding steroid dienone is 1. The SMILES string of the molecule is C=CCn1c(C)nnc1SC(C)C(=O)Nc1ccc2c(c1)c1ccccc1n2CC. The van der Waals surface area contributed by atoms with Gasteiger partial charge in [0.15, 0.2) is 5.16 Å². The van der Waals surface area contributed by atoms with Gasteiger partial charge in [-0.2, -0.15) is 0 Å². The summed E-state index contributed by atoms with van der Waals surface area (Å²) in [5.74, 6) is 0.743. The Kier molecular flexibility index (Phi) is 5.63. The fourth-order valence-electron chi connectivity index (χ4n) is 3.72. The summed E-state index contributed by atoms with van der Waals surface area (Å²) in [6.07, 6.45) is 1.80. The molecule has 4 rings (SSSR count). The molecular formula is C23H25N5OS. The summed E-state index contributed by atoms with van der Waals surface area (Å²) < 4.78 is 4.25. The van der Waals surface area contributed by atoms with Crippen molar-refractivity contribution in [3.8, 4) is 0 Å². The summed E-state index contributed by atoms with van der Waals surface area (Å²) in [5.41, 5.74) is 3.18. The molecule has 0 bridgehead atoms. The monoisotopic (exact) mass is 419 g/mol. The van der Waals surface area contributed by atoms with Crippen LogP contribution in [0.2, 0.25) is 0 Å². The van der Waals surface area contributed by atoms with E-state index in [-0.39, 0.29) is 11.2 Å². The Morgan fingerprint density at radius 2 is 1.93 bits per heavy atom. The third kappa shape index (κ3) is 3.61. The molecule has 154 valence electrons. The third-order valence-corrected chi connectivity index (χ3v) is 6.30. The van der Waals surface area contributed by atoms with Gasteiger partial charge in [0, 0.05) is 40.6 Å². The first kappa shape index (κ1) is 20.2. The van der Waals surface area contributed by atoms with Crippen LogP contribution in [0.5, 0.6) is 0 Å². The molecule has 0 aliphatic carbocycles. The molecule has 0 spiro atoms. The predicted molar refractivity (Wildman–Crippen MR) is 124 cm³/mol. The number of carbonyl (C=O) groups excluding carboxylic acids is 1. The predicted octanol–water partition coefficient (Wildman–Crippen LogP) is 5.02. The number of hydrogen-bond acceptors (Lipinski definition) is 4.